The van der Waals surface area contributed by atoms with E-state index in [2.05, 4.69) is 10.1 Å². The van der Waals surface area contributed by atoms with Crippen LogP contribution in [0.25, 0.3) is 0 Å². The highest BCUT2D eigenvalue weighted by Crippen LogP contribution is 2.26. The van der Waals surface area contributed by atoms with Gasteiger partial charge in [0.1, 0.15) is 24.0 Å². The highest BCUT2D eigenvalue weighted by atomic mass is 16.7. The minimum absolute atomic E-state index is 0.0274. The van der Waals surface area contributed by atoms with Crippen LogP contribution < -0.4 is 15.8 Å². The number of esters is 1. The summed E-state index contributed by atoms with van der Waals surface area (Å²) in [6, 6.07) is 12.7. The van der Waals surface area contributed by atoms with E-state index >= 15 is 0 Å². The van der Waals surface area contributed by atoms with Crippen molar-refractivity contribution in [2.45, 2.75) is 45.4 Å². The van der Waals surface area contributed by atoms with E-state index in [4.69, 9.17) is 19.9 Å². The van der Waals surface area contributed by atoms with Crippen LogP contribution in [0.2, 0.25) is 0 Å². The highest BCUT2D eigenvalue weighted by Gasteiger charge is 2.22. The second-order valence-corrected chi connectivity index (χ2v) is 7.92. The summed E-state index contributed by atoms with van der Waals surface area (Å²) in [7, 11) is 1.46. The van der Waals surface area contributed by atoms with Gasteiger partial charge in [-0.15, -0.1) is 0 Å². The zero-order valence-electron chi connectivity index (χ0n) is 18.5. The van der Waals surface area contributed by atoms with Crippen LogP contribution >= 0.6 is 0 Å². The lowest BCUT2D eigenvalue weighted by Gasteiger charge is -2.20. The monoisotopic (exact) mass is 444 g/mol. The molecule has 0 fully saturated rings. The number of nitrogens with one attached hydrogen (secondary N) is 1. The van der Waals surface area contributed by atoms with Gasteiger partial charge in [-0.2, -0.15) is 0 Å². The maximum Gasteiger partial charge on any atom is 0.516 e. The second-order valence-electron chi connectivity index (χ2n) is 7.92. The minimum atomic E-state index is -1.13. The van der Waals surface area contributed by atoms with Crippen LogP contribution in [0.4, 0.5) is 15.3 Å². The number of nitrogens with two attached hydrogens (primary N) is 1. The van der Waals surface area contributed by atoms with Gasteiger partial charge < -0.3 is 24.7 Å². The Balaban J connectivity index is 1.94. The largest absolute Gasteiger partial charge is 0.516 e. The summed E-state index contributed by atoms with van der Waals surface area (Å²) in [6.07, 6.45) is -1.73. The predicted molar refractivity (Wildman–Crippen MR) is 117 cm³/mol. The van der Waals surface area contributed by atoms with Crippen molar-refractivity contribution in [2.24, 2.45) is 5.73 Å². The van der Waals surface area contributed by atoms with Crippen LogP contribution in [-0.4, -0.2) is 37.0 Å². The number of rotatable bonds is 7. The molecule has 0 heterocycles. The van der Waals surface area contributed by atoms with E-state index in [-0.39, 0.29) is 13.0 Å². The molecular formula is C23H28N2O7. The molecule has 0 aliphatic rings. The van der Waals surface area contributed by atoms with E-state index in [0.717, 1.165) is 5.56 Å². The molecule has 0 bridgehead atoms. The summed E-state index contributed by atoms with van der Waals surface area (Å²) in [5, 5.41) is 2.61. The van der Waals surface area contributed by atoms with E-state index in [1.165, 1.54) is 7.11 Å². The number of ether oxygens (including phenoxy) is 4. The molecule has 3 N–H and O–H groups in total. The molecule has 172 valence electrons. The van der Waals surface area contributed by atoms with Crippen LogP contribution in [0.3, 0.4) is 0 Å². The van der Waals surface area contributed by atoms with Crippen molar-refractivity contribution >= 4 is 23.9 Å². The number of carbonyl (C=O) groups excluding carboxylic acids is 3. The Morgan fingerprint density at radius 3 is 2.34 bits per heavy atom. The van der Waals surface area contributed by atoms with Crippen LogP contribution in [0.15, 0.2) is 48.5 Å². The number of methoxy groups -OCH3 is 1. The molecule has 1 amide bonds. The molecule has 0 saturated heterocycles. The van der Waals surface area contributed by atoms with E-state index in [1.807, 2.05) is 6.07 Å². The maximum atomic E-state index is 12.1. The number of benzene rings is 2. The van der Waals surface area contributed by atoms with Crippen molar-refractivity contribution in [1.29, 1.82) is 0 Å². The lowest BCUT2D eigenvalue weighted by molar-refractivity contribution is -0.141. The van der Waals surface area contributed by atoms with E-state index < -0.39 is 29.9 Å². The highest BCUT2D eigenvalue weighted by molar-refractivity contribution is 5.88. The fourth-order valence-electron chi connectivity index (χ4n) is 2.63. The van der Waals surface area contributed by atoms with Gasteiger partial charge in [-0.05, 0) is 50.5 Å². The zero-order valence-corrected chi connectivity index (χ0v) is 18.5. The Labute approximate surface area is 186 Å². The Morgan fingerprint density at radius 1 is 1.03 bits per heavy atom. The molecule has 2 rings (SSSR count). The number of hydrogen-bond acceptors (Lipinski definition) is 8. The average molecular weight is 444 g/mol. The maximum absolute atomic E-state index is 12.1. The fourth-order valence-corrected chi connectivity index (χ4v) is 2.63. The van der Waals surface area contributed by atoms with Crippen LogP contribution in [0.1, 0.15) is 31.9 Å². The molecule has 0 aliphatic heterocycles. The van der Waals surface area contributed by atoms with Gasteiger partial charge in [0.05, 0.1) is 12.8 Å². The molecule has 0 unspecified atom stereocenters. The molecule has 0 aliphatic carbocycles. The SMILES string of the molecule is COc1ccc(C[C@@H](N)C(=O)OC(=O)OCc2ccccc2)cc1NC(=O)OC(C)(C)C. The molecular weight excluding hydrogens is 416 g/mol. The predicted octanol–water partition coefficient (Wildman–Crippen LogP) is 3.79. The number of hydrogen-bond donors (Lipinski definition) is 2. The molecule has 0 radical (unpaired) electrons. The quantitative estimate of drug-likeness (QED) is 0.488. The second kappa shape index (κ2) is 11.1. The van der Waals surface area contributed by atoms with Gasteiger partial charge in [0.2, 0.25) is 0 Å². The molecule has 9 nitrogen and oxygen atoms in total. The average Bonchev–Trinajstić information content (AvgIpc) is 2.71. The summed E-state index contributed by atoms with van der Waals surface area (Å²) in [5.41, 5.74) is 6.93. The molecule has 0 saturated carbocycles. The number of carbonyl (C=O) groups is 3. The van der Waals surface area contributed by atoms with Crippen molar-refractivity contribution in [3.8, 4) is 5.75 Å². The van der Waals surface area contributed by atoms with E-state index in [1.54, 1.807) is 63.2 Å². The van der Waals surface area contributed by atoms with Crippen LogP contribution in [0, 0.1) is 0 Å². The third-order valence-electron chi connectivity index (χ3n) is 4.04. The Hall–Kier alpha value is -3.59. The fraction of sp³-hybridized carbons (Fsp3) is 0.348. The first-order valence-electron chi connectivity index (χ1n) is 9.92. The zero-order chi connectivity index (χ0) is 23.7. The summed E-state index contributed by atoms with van der Waals surface area (Å²) in [5.74, 6) is -0.527. The Kier molecular flexibility index (Phi) is 8.60. The van der Waals surface area contributed by atoms with Gasteiger partial charge in [-0.1, -0.05) is 36.4 Å². The molecule has 9 heteroatoms. The number of amides is 1. The molecule has 0 aromatic heterocycles. The van der Waals surface area contributed by atoms with Crippen molar-refractivity contribution in [2.75, 3.05) is 12.4 Å². The summed E-state index contributed by atoms with van der Waals surface area (Å²) in [4.78, 5) is 36.0. The van der Waals surface area contributed by atoms with Gasteiger partial charge in [0, 0.05) is 0 Å². The summed E-state index contributed by atoms with van der Waals surface area (Å²) >= 11 is 0. The first-order valence-corrected chi connectivity index (χ1v) is 9.92. The summed E-state index contributed by atoms with van der Waals surface area (Å²) in [6.45, 7) is 5.21. The summed E-state index contributed by atoms with van der Waals surface area (Å²) < 4.78 is 20.1. The lowest BCUT2D eigenvalue weighted by atomic mass is 10.1. The van der Waals surface area contributed by atoms with Crippen LogP contribution in [0.5, 0.6) is 5.75 Å². The molecule has 2 aromatic carbocycles. The minimum Gasteiger partial charge on any atom is -0.495 e. The van der Waals surface area contributed by atoms with Gasteiger partial charge in [-0.25, -0.2) is 14.4 Å². The van der Waals surface area contributed by atoms with Crippen LogP contribution in [-0.2, 0) is 32.0 Å². The normalized spacial score (nSPS) is 11.8. The van der Waals surface area contributed by atoms with Gasteiger partial charge in [-0.3, -0.25) is 5.32 Å². The topological polar surface area (TPSA) is 126 Å². The van der Waals surface area contributed by atoms with Gasteiger partial charge in [0.25, 0.3) is 0 Å². The van der Waals surface area contributed by atoms with E-state index in [9.17, 15) is 14.4 Å². The lowest BCUT2D eigenvalue weighted by Crippen LogP contribution is -2.35. The van der Waals surface area contributed by atoms with Crippen molar-refractivity contribution in [3.63, 3.8) is 0 Å². The van der Waals surface area contributed by atoms with Crippen molar-refractivity contribution in [3.05, 3.63) is 59.7 Å². The molecule has 0 spiro atoms. The first-order chi connectivity index (χ1) is 15.1. The smallest absolute Gasteiger partial charge is 0.495 e. The van der Waals surface area contributed by atoms with Gasteiger partial charge in [0.15, 0.2) is 0 Å². The molecule has 1 atom stereocenters. The first kappa shape index (κ1) is 24.7. The third-order valence-corrected chi connectivity index (χ3v) is 4.04. The molecule has 2 aromatic rings. The van der Waals surface area contributed by atoms with E-state index in [0.29, 0.717) is 17.0 Å². The molecule has 32 heavy (non-hydrogen) atoms. The standard InChI is InChI=1S/C23H28N2O7/c1-23(2,3)32-21(27)25-18-13-16(10-11-19(18)29-4)12-17(24)20(26)31-22(28)30-14-15-8-6-5-7-9-15/h5-11,13,17H,12,14,24H2,1-4H3,(H,25,27)/t17-/m1/s1. The Morgan fingerprint density at radius 2 is 1.72 bits per heavy atom. The number of anilines is 1. The van der Waals surface area contributed by atoms with Crippen molar-refractivity contribution < 1.29 is 33.3 Å². The Bertz CT molecular complexity index is 939. The van der Waals surface area contributed by atoms with Gasteiger partial charge >= 0.3 is 18.2 Å². The van der Waals surface area contributed by atoms with Crippen molar-refractivity contribution in [1.82, 2.24) is 0 Å². The third kappa shape index (κ3) is 8.27.